The topological polar surface area (TPSA) is 85.6 Å². The molecule has 1 atom stereocenters. The maximum absolute atomic E-state index is 13.3. The zero-order valence-corrected chi connectivity index (χ0v) is 17.9. The Morgan fingerprint density at radius 3 is 2.45 bits per heavy atom. The highest BCUT2D eigenvalue weighted by molar-refractivity contribution is 6.04. The number of hydrogen-bond acceptors (Lipinski definition) is 5. The molecule has 7 heteroatoms. The fraction of sp³-hybridized carbons (Fsp3) is 0.115. The Balaban J connectivity index is 1.65. The van der Waals surface area contributed by atoms with E-state index in [9.17, 15) is 18.8 Å². The SMILES string of the molecule is Cc1c(-c2ccccc2)oc2c(C(=O)OC(C)C(=O)Nc3cccc(F)c3)cccc2c1=O. The van der Waals surface area contributed by atoms with Gasteiger partial charge in [-0.1, -0.05) is 42.5 Å². The Morgan fingerprint density at radius 1 is 1.00 bits per heavy atom. The van der Waals surface area contributed by atoms with Crippen molar-refractivity contribution in [1.29, 1.82) is 0 Å². The summed E-state index contributed by atoms with van der Waals surface area (Å²) in [7, 11) is 0. The van der Waals surface area contributed by atoms with Crippen molar-refractivity contribution < 1.29 is 23.1 Å². The van der Waals surface area contributed by atoms with Gasteiger partial charge in [-0.3, -0.25) is 9.59 Å². The molecule has 1 amide bonds. The van der Waals surface area contributed by atoms with E-state index in [1.165, 1.54) is 31.2 Å². The molecule has 1 N–H and O–H groups in total. The Hall–Kier alpha value is -4.26. The number of hydrogen-bond donors (Lipinski definition) is 1. The summed E-state index contributed by atoms with van der Waals surface area (Å²) in [5.41, 5.74) is 1.19. The van der Waals surface area contributed by atoms with Gasteiger partial charge in [0.2, 0.25) is 0 Å². The van der Waals surface area contributed by atoms with Crippen LogP contribution in [0.2, 0.25) is 0 Å². The van der Waals surface area contributed by atoms with Crippen LogP contribution in [-0.2, 0) is 9.53 Å². The number of amides is 1. The van der Waals surface area contributed by atoms with E-state index in [4.69, 9.17) is 9.15 Å². The number of nitrogens with one attached hydrogen (secondary N) is 1. The first kappa shape index (κ1) is 22.0. The van der Waals surface area contributed by atoms with E-state index in [1.54, 1.807) is 31.2 Å². The minimum absolute atomic E-state index is 0.0205. The van der Waals surface area contributed by atoms with Crippen molar-refractivity contribution in [2.45, 2.75) is 20.0 Å². The van der Waals surface area contributed by atoms with Crippen LogP contribution in [0.4, 0.5) is 10.1 Å². The molecule has 33 heavy (non-hydrogen) atoms. The molecule has 0 aliphatic carbocycles. The summed E-state index contributed by atoms with van der Waals surface area (Å²) in [6, 6.07) is 19.0. The highest BCUT2D eigenvalue weighted by atomic mass is 19.1. The largest absolute Gasteiger partial charge is 0.455 e. The van der Waals surface area contributed by atoms with Crippen molar-refractivity contribution in [2.24, 2.45) is 0 Å². The molecular formula is C26H20FNO5. The standard InChI is InChI=1S/C26H20FNO5/c1-15-22(29)20-12-7-13-21(24(20)33-23(15)17-8-4-3-5-9-17)26(31)32-16(2)25(30)28-19-11-6-10-18(27)14-19/h3-14,16H,1-2H3,(H,28,30). The minimum atomic E-state index is -1.18. The summed E-state index contributed by atoms with van der Waals surface area (Å²) in [6.07, 6.45) is -1.18. The first-order chi connectivity index (χ1) is 15.8. The van der Waals surface area contributed by atoms with Gasteiger partial charge in [-0.05, 0) is 44.2 Å². The van der Waals surface area contributed by atoms with E-state index in [0.29, 0.717) is 16.9 Å². The zero-order chi connectivity index (χ0) is 23.5. The minimum Gasteiger partial charge on any atom is -0.455 e. The highest BCUT2D eigenvalue weighted by Gasteiger charge is 2.23. The van der Waals surface area contributed by atoms with Crippen LogP contribution < -0.4 is 10.7 Å². The lowest BCUT2D eigenvalue weighted by Crippen LogP contribution is -2.30. The lowest BCUT2D eigenvalue weighted by Gasteiger charge is -2.15. The number of ether oxygens (including phenoxy) is 1. The molecule has 1 unspecified atom stereocenters. The van der Waals surface area contributed by atoms with Crippen LogP contribution >= 0.6 is 0 Å². The molecule has 3 aromatic carbocycles. The molecule has 0 fully saturated rings. The normalized spacial score (nSPS) is 11.7. The van der Waals surface area contributed by atoms with Crippen molar-refractivity contribution in [3.8, 4) is 11.3 Å². The molecule has 0 radical (unpaired) electrons. The van der Waals surface area contributed by atoms with Gasteiger partial charge in [0.05, 0.1) is 5.39 Å². The number of carbonyl (C=O) groups is 2. The number of benzene rings is 3. The molecule has 4 aromatic rings. The molecule has 0 aliphatic rings. The van der Waals surface area contributed by atoms with Crippen LogP contribution in [0.5, 0.6) is 0 Å². The molecule has 0 bridgehead atoms. The summed E-state index contributed by atoms with van der Waals surface area (Å²) in [5, 5.41) is 2.73. The monoisotopic (exact) mass is 445 g/mol. The summed E-state index contributed by atoms with van der Waals surface area (Å²) in [4.78, 5) is 38.3. The molecule has 0 aliphatic heterocycles. The molecule has 1 heterocycles. The lowest BCUT2D eigenvalue weighted by molar-refractivity contribution is -0.123. The van der Waals surface area contributed by atoms with Crippen LogP contribution in [-0.4, -0.2) is 18.0 Å². The molecule has 0 saturated carbocycles. The lowest BCUT2D eigenvalue weighted by atomic mass is 10.0. The highest BCUT2D eigenvalue weighted by Crippen LogP contribution is 2.27. The number of esters is 1. The molecule has 4 rings (SSSR count). The van der Waals surface area contributed by atoms with E-state index < -0.39 is 23.8 Å². The van der Waals surface area contributed by atoms with E-state index in [2.05, 4.69) is 5.32 Å². The number of anilines is 1. The fourth-order valence-corrected chi connectivity index (χ4v) is 3.42. The Bertz CT molecular complexity index is 1410. The van der Waals surface area contributed by atoms with Crippen molar-refractivity contribution in [3.63, 3.8) is 0 Å². The predicted octanol–water partition coefficient (Wildman–Crippen LogP) is 5.09. The summed E-state index contributed by atoms with van der Waals surface area (Å²) in [6.45, 7) is 3.06. The van der Waals surface area contributed by atoms with Gasteiger partial charge in [0.1, 0.15) is 17.1 Å². The second-order valence-corrected chi connectivity index (χ2v) is 7.48. The molecule has 0 saturated heterocycles. The van der Waals surface area contributed by atoms with Crippen molar-refractivity contribution >= 4 is 28.5 Å². The summed E-state index contributed by atoms with van der Waals surface area (Å²) in [5.74, 6) is -1.61. The Morgan fingerprint density at radius 2 is 1.73 bits per heavy atom. The molecule has 0 spiro atoms. The van der Waals surface area contributed by atoms with Gasteiger partial charge in [0.25, 0.3) is 5.91 Å². The Kier molecular flexibility index (Phi) is 6.04. The van der Waals surface area contributed by atoms with Crippen LogP contribution in [0.3, 0.4) is 0 Å². The fourth-order valence-electron chi connectivity index (χ4n) is 3.42. The number of fused-ring (bicyclic) bond motifs is 1. The molecule has 1 aromatic heterocycles. The van der Waals surface area contributed by atoms with Gasteiger partial charge in [0.15, 0.2) is 17.1 Å². The summed E-state index contributed by atoms with van der Waals surface area (Å²) >= 11 is 0. The number of carbonyl (C=O) groups excluding carboxylic acids is 2. The first-order valence-corrected chi connectivity index (χ1v) is 10.2. The third kappa shape index (κ3) is 4.52. The van der Waals surface area contributed by atoms with E-state index in [0.717, 1.165) is 6.07 Å². The van der Waals surface area contributed by atoms with Crippen molar-refractivity contribution in [3.05, 3.63) is 100.0 Å². The Labute approximate surface area is 188 Å². The van der Waals surface area contributed by atoms with Gasteiger partial charge in [-0.2, -0.15) is 0 Å². The van der Waals surface area contributed by atoms with E-state index in [1.807, 2.05) is 18.2 Å². The van der Waals surface area contributed by atoms with Gasteiger partial charge >= 0.3 is 5.97 Å². The second-order valence-electron chi connectivity index (χ2n) is 7.48. The van der Waals surface area contributed by atoms with Crippen LogP contribution in [0.15, 0.2) is 82.0 Å². The van der Waals surface area contributed by atoms with Crippen LogP contribution in [0.25, 0.3) is 22.3 Å². The van der Waals surface area contributed by atoms with Crippen LogP contribution in [0, 0.1) is 12.7 Å². The number of para-hydroxylation sites is 1. The van der Waals surface area contributed by atoms with Crippen molar-refractivity contribution in [2.75, 3.05) is 5.32 Å². The van der Waals surface area contributed by atoms with Crippen molar-refractivity contribution in [1.82, 2.24) is 0 Å². The average Bonchev–Trinajstić information content (AvgIpc) is 2.81. The zero-order valence-electron chi connectivity index (χ0n) is 17.9. The van der Waals surface area contributed by atoms with Gasteiger partial charge < -0.3 is 14.5 Å². The van der Waals surface area contributed by atoms with Gasteiger partial charge in [-0.25, -0.2) is 9.18 Å². The van der Waals surface area contributed by atoms with E-state index in [-0.39, 0.29) is 27.6 Å². The molecule has 166 valence electrons. The average molecular weight is 445 g/mol. The summed E-state index contributed by atoms with van der Waals surface area (Å²) < 4.78 is 24.7. The number of rotatable bonds is 5. The third-order valence-corrected chi connectivity index (χ3v) is 5.15. The number of halogens is 1. The first-order valence-electron chi connectivity index (χ1n) is 10.2. The maximum Gasteiger partial charge on any atom is 0.342 e. The second kappa shape index (κ2) is 9.08. The quantitative estimate of drug-likeness (QED) is 0.433. The third-order valence-electron chi connectivity index (χ3n) is 5.15. The smallest absolute Gasteiger partial charge is 0.342 e. The van der Waals surface area contributed by atoms with Gasteiger partial charge in [-0.15, -0.1) is 0 Å². The predicted molar refractivity (Wildman–Crippen MR) is 123 cm³/mol. The van der Waals surface area contributed by atoms with Crippen LogP contribution in [0.1, 0.15) is 22.8 Å². The van der Waals surface area contributed by atoms with E-state index >= 15 is 0 Å². The maximum atomic E-state index is 13.3. The van der Waals surface area contributed by atoms with Gasteiger partial charge in [0, 0.05) is 16.8 Å². The molecular weight excluding hydrogens is 425 g/mol. The molecule has 6 nitrogen and oxygen atoms in total.